The molecule has 0 aliphatic heterocycles. The maximum absolute atomic E-state index is 10.5. The molecule has 1 atom stereocenters. The molecule has 1 aliphatic rings. The molecule has 1 N–H and O–H groups in total. The Kier molecular flexibility index (Phi) is 5.43. The van der Waals surface area contributed by atoms with Crippen LogP contribution in [-0.2, 0) is 0 Å². The molecule has 3 nitrogen and oxygen atoms in total. The van der Waals surface area contributed by atoms with E-state index in [4.69, 9.17) is 5.26 Å². The topological polar surface area (TPSA) is 47.3 Å². The second-order valence-corrected chi connectivity index (χ2v) is 5.03. The molecular weight excluding hydrogens is 224 g/mol. The van der Waals surface area contributed by atoms with Crippen molar-refractivity contribution in [3.63, 3.8) is 0 Å². The Morgan fingerprint density at radius 1 is 1.56 bits per heavy atom. The van der Waals surface area contributed by atoms with Crippen molar-refractivity contribution in [2.45, 2.75) is 52.1 Å². The summed E-state index contributed by atoms with van der Waals surface area (Å²) in [5.74, 6) is 0. The van der Waals surface area contributed by atoms with E-state index in [0.29, 0.717) is 12.1 Å². The van der Waals surface area contributed by atoms with Gasteiger partial charge in [-0.05, 0) is 46.1 Å². The average molecular weight is 248 g/mol. The van der Waals surface area contributed by atoms with E-state index in [9.17, 15) is 5.11 Å². The van der Waals surface area contributed by atoms with Crippen LogP contribution in [0.1, 0.15) is 46.5 Å². The van der Waals surface area contributed by atoms with Crippen LogP contribution in [0.5, 0.6) is 0 Å². The van der Waals surface area contributed by atoms with Crippen LogP contribution < -0.4 is 0 Å². The van der Waals surface area contributed by atoms with Crippen LogP contribution in [0.4, 0.5) is 0 Å². The summed E-state index contributed by atoms with van der Waals surface area (Å²) in [7, 11) is 0. The Bertz CT molecular complexity index is 374. The molecule has 0 fully saturated rings. The van der Waals surface area contributed by atoms with Gasteiger partial charge in [-0.25, -0.2) is 0 Å². The van der Waals surface area contributed by atoms with Gasteiger partial charge in [-0.2, -0.15) is 5.26 Å². The Balaban J connectivity index is 2.77. The first-order valence-electron chi connectivity index (χ1n) is 6.80. The van der Waals surface area contributed by atoms with Gasteiger partial charge in [0, 0.05) is 19.5 Å². The molecule has 3 heteroatoms. The molecule has 0 saturated heterocycles. The molecule has 0 aromatic rings. The number of aliphatic hydroxyl groups is 1. The fourth-order valence-corrected chi connectivity index (χ4v) is 2.52. The zero-order valence-corrected chi connectivity index (χ0v) is 11.7. The maximum atomic E-state index is 10.5. The minimum Gasteiger partial charge on any atom is -0.385 e. The fourth-order valence-electron chi connectivity index (χ4n) is 2.52. The van der Waals surface area contributed by atoms with E-state index in [1.54, 1.807) is 0 Å². The monoisotopic (exact) mass is 248 g/mol. The van der Waals surface area contributed by atoms with E-state index >= 15 is 0 Å². The Morgan fingerprint density at radius 3 is 2.72 bits per heavy atom. The van der Waals surface area contributed by atoms with Crippen LogP contribution in [0.15, 0.2) is 23.4 Å². The first-order chi connectivity index (χ1) is 8.54. The second kappa shape index (κ2) is 6.61. The normalized spacial score (nSPS) is 24.4. The summed E-state index contributed by atoms with van der Waals surface area (Å²) in [5, 5.41) is 19.6. The first kappa shape index (κ1) is 14.8. The van der Waals surface area contributed by atoms with Crippen LogP contribution in [0, 0.1) is 11.3 Å². The smallest absolute Gasteiger partial charge is 0.117 e. The Labute approximate surface area is 110 Å². The van der Waals surface area contributed by atoms with Crippen LogP contribution in [0.2, 0.25) is 0 Å². The van der Waals surface area contributed by atoms with E-state index in [-0.39, 0.29) is 0 Å². The van der Waals surface area contributed by atoms with Gasteiger partial charge in [0.05, 0.1) is 5.60 Å². The van der Waals surface area contributed by atoms with Crippen LogP contribution in [-0.4, -0.2) is 28.7 Å². The number of hydrogen-bond donors (Lipinski definition) is 1. The summed E-state index contributed by atoms with van der Waals surface area (Å²) in [6.07, 6.45) is 7.26. The van der Waals surface area contributed by atoms with Crippen molar-refractivity contribution in [3.8, 4) is 6.07 Å². The van der Waals surface area contributed by atoms with Crippen molar-refractivity contribution in [2.24, 2.45) is 0 Å². The molecule has 18 heavy (non-hydrogen) atoms. The van der Waals surface area contributed by atoms with Crippen molar-refractivity contribution in [2.75, 3.05) is 13.1 Å². The minimum absolute atomic E-state index is 0.531. The van der Waals surface area contributed by atoms with E-state index in [1.165, 1.54) is 5.57 Å². The second-order valence-electron chi connectivity index (χ2n) is 5.03. The van der Waals surface area contributed by atoms with Gasteiger partial charge in [0.25, 0.3) is 0 Å². The van der Waals surface area contributed by atoms with Gasteiger partial charge in [0.1, 0.15) is 11.8 Å². The van der Waals surface area contributed by atoms with Crippen LogP contribution >= 0.6 is 0 Å². The number of rotatable bonds is 5. The third kappa shape index (κ3) is 3.89. The number of nitriles is 1. The molecule has 0 heterocycles. The Morgan fingerprint density at radius 2 is 2.22 bits per heavy atom. The molecule has 0 radical (unpaired) electrons. The van der Waals surface area contributed by atoms with Crippen molar-refractivity contribution in [3.05, 3.63) is 23.4 Å². The van der Waals surface area contributed by atoms with E-state index in [1.807, 2.05) is 30.9 Å². The molecule has 1 aliphatic carbocycles. The lowest BCUT2D eigenvalue weighted by Crippen LogP contribution is -2.29. The lowest BCUT2D eigenvalue weighted by atomic mass is 9.84. The van der Waals surface area contributed by atoms with Crippen molar-refractivity contribution in [1.29, 1.82) is 5.26 Å². The predicted molar refractivity (Wildman–Crippen MR) is 73.8 cm³/mol. The van der Waals surface area contributed by atoms with Gasteiger partial charge in [-0.15, -0.1) is 0 Å². The van der Waals surface area contributed by atoms with Gasteiger partial charge < -0.3 is 10.0 Å². The van der Waals surface area contributed by atoms with Crippen LogP contribution in [0.25, 0.3) is 0 Å². The van der Waals surface area contributed by atoms with Crippen molar-refractivity contribution >= 4 is 0 Å². The van der Waals surface area contributed by atoms with E-state index in [0.717, 1.165) is 32.4 Å². The maximum Gasteiger partial charge on any atom is 0.117 e. The summed E-state index contributed by atoms with van der Waals surface area (Å²) in [4.78, 5) is 2.02. The zero-order chi connectivity index (χ0) is 13.6. The molecular formula is C15H24N2O. The highest BCUT2D eigenvalue weighted by Gasteiger charge is 2.26. The molecule has 1 unspecified atom stereocenters. The SMILES string of the molecule is CCN(CC)/C(C#N)=C/CC1(O)C=C(C)CCC1. The highest BCUT2D eigenvalue weighted by atomic mass is 16.3. The number of nitrogens with zero attached hydrogens (tertiary/aromatic N) is 2. The Hall–Kier alpha value is -1.27. The quantitative estimate of drug-likeness (QED) is 0.601. The third-order valence-electron chi connectivity index (χ3n) is 3.56. The highest BCUT2D eigenvalue weighted by molar-refractivity contribution is 5.22. The summed E-state index contributed by atoms with van der Waals surface area (Å²) in [6, 6.07) is 2.23. The van der Waals surface area contributed by atoms with Gasteiger partial charge >= 0.3 is 0 Å². The molecule has 0 amide bonds. The fraction of sp³-hybridized carbons (Fsp3) is 0.667. The van der Waals surface area contributed by atoms with Crippen molar-refractivity contribution < 1.29 is 5.11 Å². The standard InChI is InChI=1S/C15H24N2O/c1-4-17(5-2)14(12-16)8-10-15(18)9-6-7-13(3)11-15/h8,11,18H,4-7,9-10H2,1-3H3/b14-8+. The molecule has 0 bridgehead atoms. The molecule has 0 spiro atoms. The molecule has 0 saturated carbocycles. The summed E-state index contributed by atoms with van der Waals surface area (Å²) < 4.78 is 0. The third-order valence-corrected chi connectivity index (χ3v) is 3.56. The van der Waals surface area contributed by atoms with E-state index in [2.05, 4.69) is 13.0 Å². The summed E-state index contributed by atoms with van der Waals surface area (Å²) in [6.45, 7) is 7.78. The molecule has 0 aromatic carbocycles. The van der Waals surface area contributed by atoms with Crippen molar-refractivity contribution in [1.82, 2.24) is 4.90 Å². The minimum atomic E-state index is -0.752. The lowest BCUT2D eigenvalue weighted by molar-refractivity contribution is 0.0757. The number of allylic oxidation sites excluding steroid dienone is 2. The van der Waals surface area contributed by atoms with E-state index < -0.39 is 5.60 Å². The molecule has 0 aromatic heterocycles. The zero-order valence-electron chi connectivity index (χ0n) is 11.7. The lowest BCUT2D eigenvalue weighted by Gasteiger charge is -2.29. The molecule has 1 rings (SSSR count). The van der Waals surface area contributed by atoms with Gasteiger partial charge in [0.2, 0.25) is 0 Å². The largest absolute Gasteiger partial charge is 0.385 e. The molecule has 100 valence electrons. The van der Waals surface area contributed by atoms with Crippen LogP contribution in [0.3, 0.4) is 0 Å². The summed E-state index contributed by atoms with van der Waals surface area (Å²) >= 11 is 0. The average Bonchev–Trinajstić information content (AvgIpc) is 2.34. The summed E-state index contributed by atoms with van der Waals surface area (Å²) in [5.41, 5.74) is 1.17. The van der Waals surface area contributed by atoms with Gasteiger partial charge in [-0.3, -0.25) is 0 Å². The number of hydrogen-bond acceptors (Lipinski definition) is 3. The first-order valence-corrected chi connectivity index (χ1v) is 6.80. The van der Waals surface area contributed by atoms with Gasteiger partial charge in [-0.1, -0.05) is 11.6 Å². The highest BCUT2D eigenvalue weighted by Crippen LogP contribution is 2.29. The predicted octanol–water partition coefficient (Wildman–Crippen LogP) is 2.99. The van der Waals surface area contributed by atoms with Gasteiger partial charge in [0.15, 0.2) is 0 Å².